The van der Waals surface area contributed by atoms with Gasteiger partial charge in [0.25, 0.3) is 0 Å². The van der Waals surface area contributed by atoms with Crippen LogP contribution in [0.15, 0.2) is 48.5 Å². The number of hydrogen-bond donors (Lipinski definition) is 2. The summed E-state index contributed by atoms with van der Waals surface area (Å²) in [7, 11) is 0. The van der Waals surface area contributed by atoms with Gasteiger partial charge < -0.3 is 10.4 Å². The molecule has 0 aliphatic carbocycles. The average molecular weight is 255 g/mol. The molecular formula is C17H21NO. The standard InChI is InChI=1S/C17H21NO/c1-13-8-9-16(14(2)10-13)11-18-12-17(19)15-6-4-3-5-7-15/h3-10,17-19H,11-12H2,1-2H3. The predicted molar refractivity (Wildman–Crippen MR) is 79.0 cm³/mol. The fourth-order valence-corrected chi connectivity index (χ4v) is 2.18. The summed E-state index contributed by atoms with van der Waals surface area (Å²) >= 11 is 0. The van der Waals surface area contributed by atoms with Gasteiger partial charge in [0.1, 0.15) is 0 Å². The van der Waals surface area contributed by atoms with Crippen LogP contribution in [0.2, 0.25) is 0 Å². The SMILES string of the molecule is Cc1ccc(CNCC(O)c2ccccc2)c(C)c1. The number of nitrogens with one attached hydrogen (secondary N) is 1. The minimum absolute atomic E-state index is 0.452. The molecule has 2 aromatic carbocycles. The first kappa shape index (κ1) is 13.8. The lowest BCUT2D eigenvalue weighted by Crippen LogP contribution is -2.21. The quantitative estimate of drug-likeness (QED) is 0.860. The second-order valence-electron chi connectivity index (χ2n) is 4.99. The van der Waals surface area contributed by atoms with Crippen molar-refractivity contribution in [3.63, 3.8) is 0 Å². The highest BCUT2D eigenvalue weighted by Crippen LogP contribution is 2.12. The molecule has 0 bridgehead atoms. The summed E-state index contributed by atoms with van der Waals surface area (Å²) in [6, 6.07) is 16.2. The van der Waals surface area contributed by atoms with E-state index in [1.165, 1.54) is 16.7 Å². The molecule has 0 aliphatic heterocycles. The van der Waals surface area contributed by atoms with Crippen LogP contribution in [0.5, 0.6) is 0 Å². The highest BCUT2D eigenvalue weighted by Gasteiger charge is 2.06. The molecule has 0 heterocycles. The maximum atomic E-state index is 10.0. The van der Waals surface area contributed by atoms with E-state index in [4.69, 9.17) is 0 Å². The molecule has 2 aromatic rings. The van der Waals surface area contributed by atoms with E-state index in [9.17, 15) is 5.11 Å². The van der Waals surface area contributed by atoms with E-state index in [1.807, 2.05) is 30.3 Å². The van der Waals surface area contributed by atoms with Crippen LogP contribution >= 0.6 is 0 Å². The number of aliphatic hydroxyl groups excluding tert-OH is 1. The Bertz CT molecular complexity index is 522. The second-order valence-corrected chi connectivity index (χ2v) is 4.99. The lowest BCUT2D eigenvalue weighted by atomic mass is 10.1. The van der Waals surface area contributed by atoms with Crippen LogP contribution in [0.1, 0.15) is 28.4 Å². The third kappa shape index (κ3) is 3.91. The highest BCUT2D eigenvalue weighted by atomic mass is 16.3. The first-order valence-corrected chi connectivity index (χ1v) is 6.66. The number of aliphatic hydroxyl groups is 1. The van der Waals surface area contributed by atoms with Crippen molar-refractivity contribution in [2.75, 3.05) is 6.54 Å². The van der Waals surface area contributed by atoms with Crippen molar-refractivity contribution in [2.45, 2.75) is 26.5 Å². The van der Waals surface area contributed by atoms with Crippen LogP contribution in [0.3, 0.4) is 0 Å². The molecule has 100 valence electrons. The van der Waals surface area contributed by atoms with Gasteiger partial charge in [0, 0.05) is 13.1 Å². The molecule has 0 radical (unpaired) electrons. The molecule has 0 fully saturated rings. The predicted octanol–water partition coefficient (Wildman–Crippen LogP) is 3.13. The Morgan fingerprint density at radius 3 is 2.47 bits per heavy atom. The number of benzene rings is 2. The molecule has 0 amide bonds. The highest BCUT2D eigenvalue weighted by molar-refractivity contribution is 5.30. The van der Waals surface area contributed by atoms with Gasteiger partial charge in [0.2, 0.25) is 0 Å². The zero-order valence-corrected chi connectivity index (χ0v) is 11.6. The van der Waals surface area contributed by atoms with E-state index >= 15 is 0 Å². The summed E-state index contributed by atoms with van der Waals surface area (Å²) in [5.41, 5.74) is 4.81. The van der Waals surface area contributed by atoms with Crippen molar-refractivity contribution >= 4 is 0 Å². The van der Waals surface area contributed by atoms with Crippen molar-refractivity contribution in [3.8, 4) is 0 Å². The van der Waals surface area contributed by atoms with Gasteiger partial charge in [-0.2, -0.15) is 0 Å². The average Bonchev–Trinajstić information content (AvgIpc) is 2.42. The lowest BCUT2D eigenvalue weighted by Gasteiger charge is -2.13. The van der Waals surface area contributed by atoms with Crippen molar-refractivity contribution < 1.29 is 5.11 Å². The molecule has 19 heavy (non-hydrogen) atoms. The molecule has 2 nitrogen and oxygen atoms in total. The van der Waals surface area contributed by atoms with Gasteiger partial charge in [0.15, 0.2) is 0 Å². The van der Waals surface area contributed by atoms with E-state index in [2.05, 4.69) is 37.4 Å². The normalized spacial score (nSPS) is 12.4. The third-order valence-electron chi connectivity index (χ3n) is 3.34. The van der Waals surface area contributed by atoms with Gasteiger partial charge in [0.05, 0.1) is 6.10 Å². The zero-order valence-electron chi connectivity index (χ0n) is 11.6. The fourth-order valence-electron chi connectivity index (χ4n) is 2.18. The Morgan fingerprint density at radius 2 is 1.79 bits per heavy atom. The summed E-state index contributed by atoms with van der Waals surface area (Å²) in [6.45, 7) is 5.58. The molecule has 1 atom stereocenters. The summed E-state index contributed by atoms with van der Waals surface area (Å²) in [6.07, 6.45) is -0.452. The Labute approximate surface area is 115 Å². The van der Waals surface area contributed by atoms with Gasteiger partial charge in [-0.1, -0.05) is 54.1 Å². The van der Waals surface area contributed by atoms with Crippen LogP contribution in [0.4, 0.5) is 0 Å². The molecule has 1 unspecified atom stereocenters. The van der Waals surface area contributed by atoms with Crippen molar-refractivity contribution in [1.82, 2.24) is 5.32 Å². The molecule has 0 saturated heterocycles. The number of aryl methyl sites for hydroxylation is 2. The van der Waals surface area contributed by atoms with Crippen molar-refractivity contribution in [2.24, 2.45) is 0 Å². The van der Waals surface area contributed by atoms with Crippen LogP contribution in [0, 0.1) is 13.8 Å². The Morgan fingerprint density at radius 1 is 1.05 bits per heavy atom. The smallest absolute Gasteiger partial charge is 0.0914 e. The summed E-state index contributed by atoms with van der Waals surface area (Å²) in [5.74, 6) is 0. The summed E-state index contributed by atoms with van der Waals surface area (Å²) in [4.78, 5) is 0. The minimum Gasteiger partial charge on any atom is -0.387 e. The number of hydrogen-bond acceptors (Lipinski definition) is 2. The van der Waals surface area contributed by atoms with E-state index in [0.717, 1.165) is 12.1 Å². The molecule has 2 N–H and O–H groups in total. The van der Waals surface area contributed by atoms with E-state index in [-0.39, 0.29) is 0 Å². The first-order valence-electron chi connectivity index (χ1n) is 6.66. The Kier molecular flexibility index (Phi) is 4.72. The van der Waals surface area contributed by atoms with E-state index < -0.39 is 6.10 Å². The Hall–Kier alpha value is -1.64. The van der Waals surface area contributed by atoms with Gasteiger partial charge in [-0.25, -0.2) is 0 Å². The fraction of sp³-hybridized carbons (Fsp3) is 0.294. The Balaban J connectivity index is 1.86. The van der Waals surface area contributed by atoms with Gasteiger partial charge in [-0.05, 0) is 30.5 Å². The largest absolute Gasteiger partial charge is 0.387 e. The summed E-state index contributed by atoms with van der Waals surface area (Å²) < 4.78 is 0. The van der Waals surface area contributed by atoms with Crippen molar-refractivity contribution in [3.05, 3.63) is 70.8 Å². The molecule has 2 heteroatoms. The summed E-state index contributed by atoms with van der Waals surface area (Å²) in [5, 5.41) is 13.4. The molecule has 2 rings (SSSR count). The second kappa shape index (κ2) is 6.50. The van der Waals surface area contributed by atoms with Crippen molar-refractivity contribution in [1.29, 1.82) is 0 Å². The molecule has 0 aromatic heterocycles. The van der Waals surface area contributed by atoms with E-state index in [0.29, 0.717) is 6.54 Å². The molecular weight excluding hydrogens is 234 g/mol. The van der Waals surface area contributed by atoms with Crippen LogP contribution in [0.25, 0.3) is 0 Å². The van der Waals surface area contributed by atoms with E-state index in [1.54, 1.807) is 0 Å². The van der Waals surface area contributed by atoms with Crippen LogP contribution < -0.4 is 5.32 Å². The van der Waals surface area contributed by atoms with Gasteiger partial charge >= 0.3 is 0 Å². The molecule has 0 aliphatic rings. The van der Waals surface area contributed by atoms with Gasteiger partial charge in [-0.15, -0.1) is 0 Å². The topological polar surface area (TPSA) is 32.3 Å². The van der Waals surface area contributed by atoms with Crippen LogP contribution in [-0.4, -0.2) is 11.7 Å². The maximum Gasteiger partial charge on any atom is 0.0914 e. The third-order valence-corrected chi connectivity index (χ3v) is 3.34. The number of rotatable bonds is 5. The minimum atomic E-state index is -0.452. The van der Waals surface area contributed by atoms with Gasteiger partial charge in [-0.3, -0.25) is 0 Å². The first-order chi connectivity index (χ1) is 9.16. The molecule has 0 saturated carbocycles. The maximum absolute atomic E-state index is 10.0. The zero-order chi connectivity index (χ0) is 13.7. The molecule has 0 spiro atoms. The lowest BCUT2D eigenvalue weighted by molar-refractivity contribution is 0.174. The van der Waals surface area contributed by atoms with Crippen LogP contribution in [-0.2, 0) is 6.54 Å². The monoisotopic (exact) mass is 255 g/mol.